The van der Waals surface area contributed by atoms with E-state index in [-0.39, 0.29) is 17.7 Å². The summed E-state index contributed by atoms with van der Waals surface area (Å²) in [5, 5.41) is 0. The summed E-state index contributed by atoms with van der Waals surface area (Å²) in [6.45, 7) is 3.92. The standard InChI is InChI=1S/C19H23NO4/c1-14(18-6-4-13-24-18)20(3)19(22)7-5-12-23-17-10-8-16(9-11-17)15(2)21/h4,6,8-11,13-14H,5,7,12H2,1-3H3. The highest BCUT2D eigenvalue weighted by Gasteiger charge is 2.18. The van der Waals surface area contributed by atoms with Gasteiger partial charge in [-0.25, -0.2) is 0 Å². The van der Waals surface area contributed by atoms with E-state index in [1.54, 1.807) is 42.5 Å². The molecule has 1 atom stereocenters. The molecule has 0 bridgehead atoms. The zero-order valence-corrected chi connectivity index (χ0v) is 14.3. The monoisotopic (exact) mass is 329 g/mol. The summed E-state index contributed by atoms with van der Waals surface area (Å²) < 4.78 is 10.9. The molecule has 0 fully saturated rings. The van der Waals surface area contributed by atoms with E-state index < -0.39 is 0 Å². The molecule has 0 radical (unpaired) electrons. The van der Waals surface area contributed by atoms with Crippen LogP contribution in [-0.4, -0.2) is 30.2 Å². The van der Waals surface area contributed by atoms with Crippen molar-refractivity contribution >= 4 is 11.7 Å². The first-order valence-electron chi connectivity index (χ1n) is 8.02. The summed E-state index contributed by atoms with van der Waals surface area (Å²) in [4.78, 5) is 25.1. The summed E-state index contributed by atoms with van der Waals surface area (Å²) in [5.74, 6) is 1.55. The van der Waals surface area contributed by atoms with E-state index in [0.29, 0.717) is 30.8 Å². The highest BCUT2D eigenvalue weighted by atomic mass is 16.5. The van der Waals surface area contributed by atoms with Gasteiger partial charge in [0.2, 0.25) is 5.91 Å². The van der Waals surface area contributed by atoms with Gasteiger partial charge in [0.25, 0.3) is 0 Å². The summed E-state index contributed by atoms with van der Waals surface area (Å²) in [6.07, 6.45) is 2.64. The van der Waals surface area contributed by atoms with Crippen LogP contribution in [0.25, 0.3) is 0 Å². The highest BCUT2D eigenvalue weighted by Crippen LogP contribution is 2.20. The molecule has 0 N–H and O–H groups in total. The average Bonchev–Trinajstić information content (AvgIpc) is 3.12. The van der Waals surface area contributed by atoms with Gasteiger partial charge in [-0.15, -0.1) is 0 Å². The van der Waals surface area contributed by atoms with Gasteiger partial charge in [0.15, 0.2) is 5.78 Å². The van der Waals surface area contributed by atoms with E-state index in [0.717, 1.165) is 5.76 Å². The number of nitrogens with zero attached hydrogens (tertiary/aromatic N) is 1. The van der Waals surface area contributed by atoms with Crippen LogP contribution in [0.1, 0.15) is 48.8 Å². The molecule has 2 aromatic rings. The van der Waals surface area contributed by atoms with Crippen LogP contribution in [0.4, 0.5) is 0 Å². The van der Waals surface area contributed by atoms with E-state index in [9.17, 15) is 9.59 Å². The number of benzene rings is 1. The van der Waals surface area contributed by atoms with Crippen LogP contribution >= 0.6 is 0 Å². The summed E-state index contributed by atoms with van der Waals surface area (Å²) in [5.41, 5.74) is 0.658. The second-order valence-corrected chi connectivity index (χ2v) is 5.73. The van der Waals surface area contributed by atoms with Crippen LogP contribution in [0.15, 0.2) is 47.1 Å². The Balaban J connectivity index is 1.73. The van der Waals surface area contributed by atoms with Crippen LogP contribution in [0, 0.1) is 0 Å². The number of ether oxygens (including phenoxy) is 1. The van der Waals surface area contributed by atoms with Crippen molar-refractivity contribution in [1.82, 2.24) is 4.90 Å². The average molecular weight is 329 g/mol. The fourth-order valence-corrected chi connectivity index (χ4v) is 2.31. The Morgan fingerprint density at radius 3 is 2.50 bits per heavy atom. The number of carbonyl (C=O) groups is 2. The second-order valence-electron chi connectivity index (χ2n) is 5.73. The number of hydrogen-bond donors (Lipinski definition) is 0. The van der Waals surface area contributed by atoms with Crippen molar-refractivity contribution < 1.29 is 18.7 Å². The lowest BCUT2D eigenvalue weighted by molar-refractivity contribution is -0.132. The molecule has 1 aromatic heterocycles. The number of ketones is 1. The Labute approximate surface area is 142 Å². The topological polar surface area (TPSA) is 59.8 Å². The first-order valence-corrected chi connectivity index (χ1v) is 8.02. The lowest BCUT2D eigenvalue weighted by atomic mass is 10.1. The van der Waals surface area contributed by atoms with E-state index in [2.05, 4.69) is 0 Å². The maximum absolute atomic E-state index is 12.2. The zero-order valence-electron chi connectivity index (χ0n) is 14.3. The normalized spacial score (nSPS) is 11.8. The van der Waals surface area contributed by atoms with Gasteiger partial charge in [0.1, 0.15) is 11.5 Å². The highest BCUT2D eigenvalue weighted by molar-refractivity contribution is 5.94. The molecule has 5 heteroatoms. The quantitative estimate of drug-likeness (QED) is 0.545. The number of Topliss-reactive ketones (excluding diaryl/α,β-unsaturated/α-hetero) is 1. The summed E-state index contributed by atoms with van der Waals surface area (Å²) >= 11 is 0. The number of rotatable bonds is 8. The van der Waals surface area contributed by atoms with Crippen molar-refractivity contribution in [2.24, 2.45) is 0 Å². The van der Waals surface area contributed by atoms with Crippen molar-refractivity contribution in [2.75, 3.05) is 13.7 Å². The molecule has 1 heterocycles. The Hall–Kier alpha value is -2.56. The molecule has 24 heavy (non-hydrogen) atoms. The Morgan fingerprint density at radius 1 is 1.21 bits per heavy atom. The Kier molecular flexibility index (Phi) is 6.18. The van der Waals surface area contributed by atoms with Crippen molar-refractivity contribution in [3.05, 3.63) is 54.0 Å². The van der Waals surface area contributed by atoms with Crippen molar-refractivity contribution in [1.29, 1.82) is 0 Å². The molecule has 0 aliphatic rings. The molecule has 1 aromatic carbocycles. The Bertz CT molecular complexity index is 661. The van der Waals surface area contributed by atoms with E-state index in [1.807, 2.05) is 19.1 Å². The molecule has 1 unspecified atom stereocenters. The second kappa shape index (κ2) is 8.34. The summed E-state index contributed by atoms with van der Waals surface area (Å²) in [7, 11) is 1.77. The first kappa shape index (κ1) is 17.8. The van der Waals surface area contributed by atoms with Gasteiger partial charge in [-0.05, 0) is 56.7 Å². The van der Waals surface area contributed by atoms with Gasteiger partial charge in [-0.2, -0.15) is 0 Å². The van der Waals surface area contributed by atoms with Gasteiger partial charge in [-0.1, -0.05) is 0 Å². The molecule has 0 saturated heterocycles. The first-order chi connectivity index (χ1) is 11.5. The van der Waals surface area contributed by atoms with Crippen LogP contribution < -0.4 is 4.74 Å². The number of amides is 1. The van der Waals surface area contributed by atoms with Crippen molar-refractivity contribution in [3.8, 4) is 5.75 Å². The number of carbonyl (C=O) groups excluding carboxylic acids is 2. The van der Waals surface area contributed by atoms with Gasteiger partial charge in [-0.3, -0.25) is 9.59 Å². The van der Waals surface area contributed by atoms with E-state index >= 15 is 0 Å². The minimum absolute atomic E-state index is 0.0286. The smallest absolute Gasteiger partial charge is 0.223 e. The largest absolute Gasteiger partial charge is 0.494 e. The molecular formula is C19H23NO4. The number of hydrogen-bond acceptors (Lipinski definition) is 4. The molecule has 0 saturated carbocycles. The molecular weight excluding hydrogens is 306 g/mol. The molecule has 5 nitrogen and oxygen atoms in total. The lowest BCUT2D eigenvalue weighted by Gasteiger charge is -2.23. The SMILES string of the molecule is CC(=O)c1ccc(OCCCC(=O)N(C)C(C)c2ccco2)cc1. The van der Waals surface area contributed by atoms with Crippen LogP contribution in [0.2, 0.25) is 0 Å². The van der Waals surface area contributed by atoms with Crippen molar-refractivity contribution in [2.45, 2.75) is 32.7 Å². The predicted octanol–water partition coefficient (Wildman–Crippen LogP) is 3.86. The predicted molar refractivity (Wildman–Crippen MR) is 91.1 cm³/mol. The van der Waals surface area contributed by atoms with Gasteiger partial charge >= 0.3 is 0 Å². The zero-order chi connectivity index (χ0) is 17.5. The molecule has 1 amide bonds. The van der Waals surface area contributed by atoms with Gasteiger partial charge < -0.3 is 14.1 Å². The fourth-order valence-electron chi connectivity index (χ4n) is 2.31. The van der Waals surface area contributed by atoms with Gasteiger partial charge in [0.05, 0.1) is 18.9 Å². The minimum atomic E-state index is -0.0902. The molecule has 0 aliphatic carbocycles. The lowest BCUT2D eigenvalue weighted by Crippen LogP contribution is -2.29. The summed E-state index contributed by atoms with van der Waals surface area (Å²) in [6, 6.07) is 10.6. The van der Waals surface area contributed by atoms with Crippen molar-refractivity contribution in [3.63, 3.8) is 0 Å². The maximum Gasteiger partial charge on any atom is 0.223 e. The molecule has 128 valence electrons. The maximum atomic E-state index is 12.2. The van der Waals surface area contributed by atoms with E-state index in [1.165, 1.54) is 6.92 Å². The van der Waals surface area contributed by atoms with Crippen LogP contribution in [0.5, 0.6) is 5.75 Å². The molecule has 2 rings (SSSR count). The molecule has 0 aliphatic heterocycles. The Morgan fingerprint density at radius 2 is 1.92 bits per heavy atom. The molecule has 0 spiro atoms. The van der Waals surface area contributed by atoms with E-state index in [4.69, 9.17) is 9.15 Å². The third-order valence-electron chi connectivity index (χ3n) is 3.99. The third-order valence-corrected chi connectivity index (χ3v) is 3.99. The minimum Gasteiger partial charge on any atom is -0.494 e. The van der Waals surface area contributed by atoms with Crippen LogP contribution in [0.3, 0.4) is 0 Å². The third kappa shape index (κ3) is 4.72. The van der Waals surface area contributed by atoms with Gasteiger partial charge in [0, 0.05) is 19.0 Å². The fraction of sp³-hybridized carbons (Fsp3) is 0.368. The van der Waals surface area contributed by atoms with Crippen LogP contribution in [-0.2, 0) is 4.79 Å². The number of furan rings is 1.